The fourth-order valence-electron chi connectivity index (χ4n) is 2.80. The van der Waals surface area contributed by atoms with E-state index in [0.29, 0.717) is 18.4 Å². The Labute approximate surface area is 111 Å². The monoisotopic (exact) mass is 256 g/mol. The summed E-state index contributed by atoms with van der Waals surface area (Å²) in [5.41, 5.74) is 2.52. The zero-order valence-electron chi connectivity index (χ0n) is 10.9. The Morgan fingerprint density at radius 1 is 1.11 bits per heavy atom. The average molecular weight is 256 g/mol. The molecule has 1 aromatic carbocycles. The Morgan fingerprint density at radius 3 is 2.53 bits per heavy atom. The largest absolute Gasteiger partial charge is 0.299 e. The van der Waals surface area contributed by atoms with E-state index in [1.54, 1.807) is 4.68 Å². The Bertz CT molecular complexity index is 680. The molecule has 0 spiro atoms. The van der Waals surface area contributed by atoms with Gasteiger partial charge in [0.25, 0.3) is 5.56 Å². The number of Topliss-reactive ketones (excluding diaryl/α,β-unsaturated/α-hetero) is 1. The van der Waals surface area contributed by atoms with Crippen molar-refractivity contribution >= 4 is 5.78 Å². The Morgan fingerprint density at radius 2 is 1.84 bits per heavy atom. The van der Waals surface area contributed by atoms with Crippen LogP contribution in [0.2, 0.25) is 0 Å². The zero-order valence-corrected chi connectivity index (χ0v) is 10.9. The van der Waals surface area contributed by atoms with Gasteiger partial charge >= 0.3 is 0 Å². The number of hydrogen-bond acceptors (Lipinski definition) is 2. The summed E-state index contributed by atoms with van der Waals surface area (Å²) in [5.74, 6) is 0.165. The number of carbonyl (C=O) groups excluding carboxylic acids is 1. The highest BCUT2D eigenvalue weighted by atomic mass is 16.1. The van der Waals surface area contributed by atoms with Gasteiger partial charge in [-0.2, -0.15) is 0 Å². The van der Waals surface area contributed by atoms with E-state index in [9.17, 15) is 9.59 Å². The summed E-state index contributed by atoms with van der Waals surface area (Å²) in [7, 11) is 0. The first-order valence-corrected chi connectivity index (χ1v) is 6.63. The predicted molar refractivity (Wildman–Crippen MR) is 72.7 cm³/mol. The second-order valence-corrected chi connectivity index (χ2v) is 4.81. The third-order valence-electron chi connectivity index (χ3n) is 3.67. The second kappa shape index (κ2) is 4.53. The SMILES string of the molecule is CCn1c2c(c(=O)n1-c1ccccc1)CC(=O)CC2. The van der Waals surface area contributed by atoms with Crippen molar-refractivity contribution < 1.29 is 4.79 Å². The van der Waals surface area contributed by atoms with Crippen LogP contribution >= 0.6 is 0 Å². The third-order valence-corrected chi connectivity index (χ3v) is 3.67. The Hall–Kier alpha value is -2.10. The molecule has 1 aromatic heterocycles. The van der Waals surface area contributed by atoms with E-state index >= 15 is 0 Å². The van der Waals surface area contributed by atoms with Crippen LogP contribution in [0.3, 0.4) is 0 Å². The summed E-state index contributed by atoms with van der Waals surface area (Å²) in [6, 6.07) is 9.59. The first-order chi connectivity index (χ1) is 9.22. The molecule has 0 saturated carbocycles. The first kappa shape index (κ1) is 12.0. The van der Waals surface area contributed by atoms with Crippen molar-refractivity contribution in [2.45, 2.75) is 32.7 Å². The Kier molecular flexibility index (Phi) is 2.85. The first-order valence-electron chi connectivity index (χ1n) is 6.63. The lowest BCUT2D eigenvalue weighted by atomic mass is 9.97. The smallest absolute Gasteiger partial charge is 0.275 e. The van der Waals surface area contributed by atoms with E-state index < -0.39 is 0 Å². The molecule has 1 aliphatic rings. The predicted octanol–water partition coefficient (Wildman–Crippen LogP) is 1.72. The molecule has 0 aliphatic heterocycles. The quantitative estimate of drug-likeness (QED) is 0.821. The fourth-order valence-corrected chi connectivity index (χ4v) is 2.80. The molecule has 98 valence electrons. The molecule has 1 heterocycles. The molecule has 0 unspecified atom stereocenters. The van der Waals surface area contributed by atoms with Gasteiger partial charge < -0.3 is 0 Å². The minimum atomic E-state index is -0.0453. The number of nitrogens with zero attached hydrogens (tertiary/aromatic N) is 2. The van der Waals surface area contributed by atoms with Gasteiger partial charge in [0.15, 0.2) is 0 Å². The van der Waals surface area contributed by atoms with Gasteiger partial charge in [0.2, 0.25) is 0 Å². The minimum Gasteiger partial charge on any atom is -0.299 e. The third kappa shape index (κ3) is 1.84. The maximum Gasteiger partial charge on any atom is 0.275 e. The van der Waals surface area contributed by atoms with Crippen LogP contribution in [0.25, 0.3) is 5.69 Å². The number of carbonyl (C=O) groups is 1. The molecule has 0 fully saturated rings. The van der Waals surface area contributed by atoms with Crippen LogP contribution < -0.4 is 5.56 Å². The molecule has 1 aliphatic carbocycles. The maximum absolute atomic E-state index is 12.5. The van der Waals surface area contributed by atoms with E-state index in [-0.39, 0.29) is 17.8 Å². The van der Waals surface area contributed by atoms with Crippen LogP contribution in [-0.2, 0) is 24.2 Å². The van der Waals surface area contributed by atoms with E-state index in [0.717, 1.165) is 17.9 Å². The van der Waals surface area contributed by atoms with E-state index in [4.69, 9.17) is 0 Å². The minimum absolute atomic E-state index is 0.0453. The van der Waals surface area contributed by atoms with E-state index in [1.165, 1.54) is 0 Å². The van der Waals surface area contributed by atoms with Crippen LogP contribution in [0.15, 0.2) is 35.1 Å². The van der Waals surface area contributed by atoms with Gasteiger partial charge in [0, 0.05) is 30.6 Å². The second-order valence-electron chi connectivity index (χ2n) is 4.81. The number of hydrogen-bond donors (Lipinski definition) is 0. The van der Waals surface area contributed by atoms with Crippen molar-refractivity contribution in [3.05, 3.63) is 51.9 Å². The zero-order chi connectivity index (χ0) is 13.4. The van der Waals surface area contributed by atoms with Crippen molar-refractivity contribution in [2.24, 2.45) is 0 Å². The number of fused-ring (bicyclic) bond motifs is 1. The molecular formula is C15H16N2O2. The number of aromatic nitrogens is 2. The van der Waals surface area contributed by atoms with Crippen molar-refractivity contribution in [1.29, 1.82) is 0 Å². The number of ketones is 1. The van der Waals surface area contributed by atoms with Crippen LogP contribution in [-0.4, -0.2) is 15.1 Å². The summed E-state index contributed by atoms with van der Waals surface area (Å²) in [5, 5.41) is 0. The number of para-hydroxylation sites is 1. The van der Waals surface area contributed by atoms with Crippen molar-refractivity contribution in [3.8, 4) is 5.69 Å². The summed E-state index contributed by atoms with van der Waals surface area (Å²) < 4.78 is 3.70. The van der Waals surface area contributed by atoms with Crippen molar-refractivity contribution in [3.63, 3.8) is 0 Å². The van der Waals surface area contributed by atoms with Gasteiger partial charge in [-0.15, -0.1) is 0 Å². The molecule has 3 rings (SSSR count). The van der Waals surface area contributed by atoms with Crippen LogP contribution in [0.5, 0.6) is 0 Å². The van der Waals surface area contributed by atoms with Crippen molar-refractivity contribution in [2.75, 3.05) is 0 Å². The standard InChI is InChI=1S/C15H16N2O2/c1-2-16-14-9-8-12(18)10-13(14)15(19)17(16)11-6-4-3-5-7-11/h3-7H,2,8-10H2,1H3. The van der Waals surface area contributed by atoms with Crippen LogP contribution in [0, 0.1) is 0 Å². The van der Waals surface area contributed by atoms with Gasteiger partial charge in [-0.25, -0.2) is 4.68 Å². The molecular weight excluding hydrogens is 240 g/mol. The van der Waals surface area contributed by atoms with Crippen molar-refractivity contribution in [1.82, 2.24) is 9.36 Å². The molecule has 19 heavy (non-hydrogen) atoms. The molecule has 0 atom stereocenters. The molecule has 4 heteroatoms. The lowest BCUT2D eigenvalue weighted by Crippen LogP contribution is -2.22. The summed E-state index contributed by atoms with van der Waals surface area (Å²) in [6.07, 6.45) is 1.51. The van der Waals surface area contributed by atoms with Crippen LogP contribution in [0.4, 0.5) is 0 Å². The van der Waals surface area contributed by atoms with E-state index in [1.807, 2.05) is 41.9 Å². The lowest BCUT2D eigenvalue weighted by molar-refractivity contribution is -0.118. The number of benzene rings is 1. The summed E-state index contributed by atoms with van der Waals surface area (Å²) >= 11 is 0. The molecule has 0 bridgehead atoms. The van der Waals surface area contributed by atoms with Crippen LogP contribution in [0.1, 0.15) is 24.6 Å². The van der Waals surface area contributed by atoms with Gasteiger partial charge in [-0.3, -0.25) is 14.3 Å². The average Bonchev–Trinajstić information content (AvgIpc) is 2.72. The molecule has 0 saturated heterocycles. The topological polar surface area (TPSA) is 44.0 Å². The van der Waals surface area contributed by atoms with Gasteiger partial charge in [0.05, 0.1) is 5.69 Å². The molecule has 4 nitrogen and oxygen atoms in total. The fraction of sp³-hybridized carbons (Fsp3) is 0.333. The lowest BCUT2D eigenvalue weighted by Gasteiger charge is -2.15. The molecule has 2 aromatic rings. The highest BCUT2D eigenvalue weighted by Gasteiger charge is 2.25. The normalized spacial score (nSPS) is 14.5. The van der Waals surface area contributed by atoms with Gasteiger partial charge in [-0.1, -0.05) is 18.2 Å². The van der Waals surface area contributed by atoms with E-state index in [2.05, 4.69) is 0 Å². The summed E-state index contributed by atoms with van der Waals surface area (Å²) in [6.45, 7) is 2.75. The highest BCUT2D eigenvalue weighted by Crippen LogP contribution is 2.19. The Balaban J connectivity index is 2.26. The summed E-state index contributed by atoms with van der Waals surface area (Å²) in [4.78, 5) is 24.1. The van der Waals surface area contributed by atoms with Gasteiger partial charge in [0.1, 0.15) is 5.78 Å². The maximum atomic E-state index is 12.5. The molecule has 0 amide bonds. The molecule has 0 radical (unpaired) electrons. The number of rotatable bonds is 2. The molecule has 0 N–H and O–H groups in total. The highest BCUT2D eigenvalue weighted by molar-refractivity contribution is 5.82. The van der Waals surface area contributed by atoms with Gasteiger partial charge in [-0.05, 0) is 25.5 Å².